The fourth-order valence-electron chi connectivity index (χ4n) is 4.26. The monoisotopic (exact) mass is 429 g/mol. The van der Waals surface area contributed by atoms with Gasteiger partial charge in [-0.3, -0.25) is 9.59 Å². The number of amides is 1. The molecule has 0 saturated carbocycles. The molecule has 0 bridgehead atoms. The molecule has 0 radical (unpaired) electrons. The Kier molecular flexibility index (Phi) is 5.71. The minimum atomic E-state index is -0.829. The predicted octanol–water partition coefficient (Wildman–Crippen LogP) is 3.57. The Balaban J connectivity index is 1.73. The fraction of sp³-hybridized carbons (Fsp3) is 0.409. The number of ketones is 1. The van der Waals surface area contributed by atoms with E-state index in [2.05, 4.69) is 9.88 Å². The molecule has 2 aliphatic heterocycles. The van der Waals surface area contributed by atoms with Crippen LogP contribution in [0.15, 0.2) is 35.6 Å². The number of hydrogen-bond acceptors (Lipinski definition) is 6. The lowest BCUT2D eigenvalue weighted by atomic mass is 9.95. The highest BCUT2D eigenvalue weighted by Gasteiger charge is 2.44. The van der Waals surface area contributed by atoms with Gasteiger partial charge in [0.1, 0.15) is 5.82 Å². The summed E-state index contributed by atoms with van der Waals surface area (Å²) < 4.78 is 14.0. The number of aryl methyl sites for hydroxylation is 2. The first-order chi connectivity index (χ1) is 14.4. The van der Waals surface area contributed by atoms with Gasteiger partial charge in [0, 0.05) is 13.1 Å². The molecule has 6 nitrogen and oxygen atoms in total. The van der Waals surface area contributed by atoms with Crippen LogP contribution in [0.25, 0.3) is 0 Å². The number of aliphatic hydroxyl groups is 1. The van der Waals surface area contributed by atoms with Gasteiger partial charge in [0.15, 0.2) is 5.76 Å². The van der Waals surface area contributed by atoms with Crippen LogP contribution in [-0.4, -0.2) is 57.8 Å². The molecule has 8 heteroatoms. The van der Waals surface area contributed by atoms with Crippen molar-refractivity contribution in [3.63, 3.8) is 0 Å². The van der Waals surface area contributed by atoms with E-state index in [0.29, 0.717) is 29.2 Å². The molecule has 2 aliphatic rings. The quantitative estimate of drug-likeness (QED) is 0.711. The number of carbonyl (C=O) groups is 2. The first kappa shape index (κ1) is 20.7. The molecular weight excluding hydrogens is 405 g/mol. The van der Waals surface area contributed by atoms with E-state index in [1.165, 1.54) is 28.4 Å². The third-order valence-electron chi connectivity index (χ3n) is 5.68. The minimum absolute atomic E-state index is 0.00114. The van der Waals surface area contributed by atoms with E-state index < -0.39 is 29.3 Å². The first-order valence-corrected chi connectivity index (χ1v) is 10.9. The zero-order valence-electron chi connectivity index (χ0n) is 17.0. The van der Waals surface area contributed by atoms with Gasteiger partial charge in [-0.05, 0) is 57.5 Å². The van der Waals surface area contributed by atoms with Gasteiger partial charge in [-0.25, -0.2) is 9.37 Å². The van der Waals surface area contributed by atoms with Gasteiger partial charge in [0.25, 0.3) is 5.91 Å². The van der Waals surface area contributed by atoms with Gasteiger partial charge >= 0.3 is 0 Å². The Bertz CT molecular complexity index is 1030. The van der Waals surface area contributed by atoms with Gasteiger partial charge in [0.2, 0.25) is 5.78 Å². The highest BCUT2D eigenvalue weighted by molar-refractivity contribution is 7.14. The molecule has 1 N–H and O–H groups in total. The van der Waals surface area contributed by atoms with E-state index in [4.69, 9.17) is 0 Å². The number of benzene rings is 1. The number of nitrogens with zero attached hydrogens (tertiary/aromatic N) is 3. The molecule has 30 heavy (non-hydrogen) atoms. The van der Waals surface area contributed by atoms with Gasteiger partial charge in [-0.15, -0.1) is 11.3 Å². The molecule has 4 rings (SSSR count). The Morgan fingerprint density at radius 1 is 1.27 bits per heavy atom. The summed E-state index contributed by atoms with van der Waals surface area (Å²) in [7, 11) is 0. The number of carbonyl (C=O) groups excluding carboxylic acids is 2. The van der Waals surface area contributed by atoms with Crippen LogP contribution >= 0.6 is 11.3 Å². The Hall–Kier alpha value is -2.58. The van der Waals surface area contributed by atoms with Crippen molar-refractivity contribution in [1.82, 2.24) is 14.8 Å². The summed E-state index contributed by atoms with van der Waals surface area (Å²) >= 11 is 1.23. The van der Waals surface area contributed by atoms with Crippen LogP contribution < -0.4 is 0 Å². The molecule has 1 aromatic heterocycles. The number of Topliss-reactive ketones (excluding diaryl/α,β-unsaturated/α-hetero) is 1. The normalized spacial score (nSPS) is 19.9. The number of rotatable bonds is 6. The zero-order valence-corrected chi connectivity index (χ0v) is 17.8. The fourth-order valence-corrected chi connectivity index (χ4v) is 5.13. The van der Waals surface area contributed by atoms with Crippen LogP contribution in [-0.2, 0) is 4.79 Å². The number of thiazole rings is 1. The third kappa shape index (κ3) is 3.77. The van der Waals surface area contributed by atoms with Gasteiger partial charge in [-0.1, -0.05) is 12.1 Å². The molecule has 1 unspecified atom stereocenters. The lowest BCUT2D eigenvalue weighted by molar-refractivity contribution is -0.129. The molecule has 1 amide bonds. The average Bonchev–Trinajstić information content (AvgIpc) is 3.40. The van der Waals surface area contributed by atoms with E-state index >= 15 is 0 Å². The molecule has 0 spiro atoms. The molecule has 1 saturated heterocycles. The van der Waals surface area contributed by atoms with Gasteiger partial charge in [0.05, 0.1) is 27.2 Å². The van der Waals surface area contributed by atoms with Crippen molar-refractivity contribution in [2.24, 2.45) is 0 Å². The lowest BCUT2D eigenvalue weighted by Gasteiger charge is -2.28. The summed E-state index contributed by atoms with van der Waals surface area (Å²) in [5.74, 6) is -2.03. The Morgan fingerprint density at radius 3 is 2.63 bits per heavy atom. The predicted molar refractivity (Wildman–Crippen MR) is 112 cm³/mol. The molecule has 3 heterocycles. The molecule has 1 atom stereocenters. The van der Waals surface area contributed by atoms with Crippen LogP contribution in [0.2, 0.25) is 0 Å². The largest absolute Gasteiger partial charge is 0.503 e. The van der Waals surface area contributed by atoms with Crippen LogP contribution in [0.1, 0.15) is 44.8 Å². The third-order valence-corrected chi connectivity index (χ3v) is 6.75. The number of aliphatic hydroxyl groups excluding tert-OH is 1. The molecular formula is C22H24FN3O3S. The summed E-state index contributed by atoms with van der Waals surface area (Å²) in [5, 5.41) is 11.4. The molecule has 1 aromatic carbocycles. The van der Waals surface area contributed by atoms with Crippen LogP contribution in [0.5, 0.6) is 0 Å². The van der Waals surface area contributed by atoms with E-state index in [1.54, 1.807) is 26.0 Å². The van der Waals surface area contributed by atoms with Gasteiger partial charge in [-0.2, -0.15) is 0 Å². The highest BCUT2D eigenvalue weighted by Crippen LogP contribution is 2.40. The van der Waals surface area contributed by atoms with E-state index in [-0.39, 0.29) is 5.57 Å². The standard InChI is InChI=1S/C22H24FN3O3S/c1-13-21(30-14(2)24-13)19(27)17-18(15-6-5-7-16(23)12-15)26(22(29)20(17)28)11-10-25-8-3-4-9-25/h5-7,12,18,28H,3-4,8-11H2,1-2H3. The number of halogens is 1. The summed E-state index contributed by atoms with van der Waals surface area (Å²) in [6, 6.07) is 5.03. The minimum Gasteiger partial charge on any atom is -0.503 e. The summed E-state index contributed by atoms with van der Waals surface area (Å²) in [6.07, 6.45) is 2.25. The van der Waals surface area contributed by atoms with E-state index in [0.717, 1.165) is 30.9 Å². The first-order valence-electron chi connectivity index (χ1n) is 10.1. The number of aromatic nitrogens is 1. The van der Waals surface area contributed by atoms with Crippen molar-refractivity contribution < 1.29 is 19.1 Å². The molecule has 158 valence electrons. The van der Waals surface area contributed by atoms with Crippen molar-refractivity contribution in [3.05, 3.63) is 62.6 Å². The second-order valence-corrected chi connectivity index (χ2v) is 8.95. The van der Waals surface area contributed by atoms with Gasteiger partial charge < -0.3 is 14.9 Å². The van der Waals surface area contributed by atoms with Crippen molar-refractivity contribution in [2.45, 2.75) is 32.7 Å². The molecule has 0 aliphatic carbocycles. The van der Waals surface area contributed by atoms with E-state index in [1.807, 2.05) is 0 Å². The maximum atomic E-state index is 14.0. The topological polar surface area (TPSA) is 73.7 Å². The summed E-state index contributed by atoms with van der Waals surface area (Å²) in [5.41, 5.74) is 1.03. The Labute approximate surface area is 178 Å². The lowest BCUT2D eigenvalue weighted by Crippen LogP contribution is -2.38. The number of likely N-dealkylation sites (tertiary alicyclic amines) is 1. The highest BCUT2D eigenvalue weighted by atomic mass is 32.1. The van der Waals surface area contributed by atoms with Crippen molar-refractivity contribution in [3.8, 4) is 0 Å². The second-order valence-electron chi connectivity index (χ2n) is 7.74. The SMILES string of the molecule is Cc1nc(C)c(C(=O)C2=C(O)C(=O)N(CCN3CCCC3)C2c2cccc(F)c2)s1. The Morgan fingerprint density at radius 2 is 2.00 bits per heavy atom. The van der Waals surface area contributed by atoms with Crippen LogP contribution in [0, 0.1) is 19.7 Å². The summed E-state index contributed by atoms with van der Waals surface area (Å²) in [6.45, 7) is 6.46. The molecule has 1 fully saturated rings. The maximum Gasteiger partial charge on any atom is 0.290 e. The van der Waals surface area contributed by atoms with Crippen molar-refractivity contribution in [1.29, 1.82) is 0 Å². The van der Waals surface area contributed by atoms with E-state index in [9.17, 15) is 19.1 Å². The number of hydrogen-bond donors (Lipinski definition) is 1. The average molecular weight is 430 g/mol. The van der Waals surface area contributed by atoms with Crippen molar-refractivity contribution >= 4 is 23.0 Å². The maximum absolute atomic E-state index is 14.0. The smallest absolute Gasteiger partial charge is 0.290 e. The van der Waals surface area contributed by atoms with Crippen LogP contribution in [0.3, 0.4) is 0 Å². The van der Waals surface area contributed by atoms with Crippen LogP contribution in [0.4, 0.5) is 4.39 Å². The second kappa shape index (κ2) is 8.28. The summed E-state index contributed by atoms with van der Waals surface area (Å²) in [4.78, 5) is 34.8. The van der Waals surface area contributed by atoms with Crippen molar-refractivity contribution in [2.75, 3.05) is 26.2 Å². The zero-order chi connectivity index (χ0) is 21.4. The molecule has 2 aromatic rings.